The second-order valence-corrected chi connectivity index (χ2v) is 5.23. The molecule has 0 radical (unpaired) electrons. The highest BCUT2D eigenvalue weighted by molar-refractivity contribution is 9.10. The van der Waals surface area contributed by atoms with Crippen LogP contribution < -0.4 is 0 Å². The van der Waals surface area contributed by atoms with Crippen LogP contribution in [0.1, 0.15) is 31.1 Å². The molecule has 15 heavy (non-hydrogen) atoms. The molecule has 0 saturated carbocycles. The summed E-state index contributed by atoms with van der Waals surface area (Å²) >= 11 is 9.39. The van der Waals surface area contributed by atoms with Crippen LogP contribution in [0.3, 0.4) is 0 Å². The summed E-state index contributed by atoms with van der Waals surface area (Å²) in [7, 11) is 0. The fraction of sp³-hybridized carbons (Fsp3) is 0.417. The van der Waals surface area contributed by atoms with E-state index in [4.69, 9.17) is 11.6 Å². The molecule has 82 valence electrons. The maximum Gasteiger partial charge on any atom is 0.167 e. The number of Topliss-reactive ketones (excluding diaryl/α,β-unsaturated/α-hetero) is 1. The number of ketones is 1. The van der Waals surface area contributed by atoms with E-state index in [1.165, 1.54) is 0 Å². The lowest BCUT2D eigenvalue weighted by Gasteiger charge is -2.15. The van der Waals surface area contributed by atoms with Crippen LogP contribution in [0, 0.1) is 11.8 Å². The van der Waals surface area contributed by atoms with E-state index >= 15 is 0 Å². The van der Waals surface area contributed by atoms with Gasteiger partial charge in [0.2, 0.25) is 0 Å². The summed E-state index contributed by atoms with van der Waals surface area (Å²) in [5.41, 5.74) is 0.604. The Morgan fingerprint density at radius 3 is 2.47 bits per heavy atom. The lowest BCUT2D eigenvalue weighted by Crippen LogP contribution is -2.17. The summed E-state index contributed by atoms with van der Waals surface area (Å²) in [4.78, 5) is 12.1. The normalized spacial score (nSPS) is 12.9. The van der Waals surface area contributed by atoms with Crippen molar-refractivity contribution in [2.24, 2.45) is 11.8 Å². The van der Waals surface area contributed by atoms with Crippen LogP contribution in [0.4, 0.5) is 0 Å². The van der Waals surface area contributed by atoms with Crippen LogP contribution >= 0.6 is 27.5 Å². The van der Waals surface area contributed by atoms with E-state index < -0.39 is 0 Å². The first-order valence-electron chi connectivity index (χ1n) is 4.93. The van der Waals surface area contributed by atoms with Crippen LogP contribution in [0.25, 0.3) is 0 Å². The smallest absolute Gasteiger partial charge is 0.167 e. The zero-order chi connectivity index (χ0) is 11.6. The molecule has 0 bridgehead atoms. The SMILES string of the molecule is CC(C)C(C)C(=O)c1cccc(Br)c1Cl. The molecular weight excluding hydrogens is 275 g/mol. The van der Waals surface area contributed by atoms with E-state index in [0.717, 1.165) is 4.47 Å². The maximum atomic E-state index is 12.1. The van der Waals surface area contributed by atoms with Crippen LogP contribution in [0.15, 0.2) is 22.7 Å². The first-order chi connectivity index (χ1) is 6.95. The molecule has 0 aliphatic carbocycles. The number of carbonyl (C=O) groups excluding carboxylic acids is 1. The van der Waals surface area contributed by atoms with Crippen LogP contribution in [-0.2, 0) is 0 Å². The summed E-state index contributed by atoms with van der Waals surface area (Å²) in [6.07, 6.45) is 0. The third-order valence-corrected chi connectivity index (χ3v) is 3.93. The molecule has 0 spiro atoms. The second kappa shape index (κ2) is 5.13. The van der Waals surface area contributed by atoms with Gasteiger partial charge in [-0.25, -0.2) is 0 Å². The Bertz CT molecular complexity index is 374. The van der Waals surface area contributed by atoms with Crippen molar-refractivity contribution in [1.82, 2.24) is 0 Å². The molecule has 0 N–H and O–H groups in total. The molecule has 0 fully saturated rings. The van der Waals surface area contributed by atoms with Gasteiger partial charge in [-0.3, -0.25) is 4.79 Å². The average Bonchev–Trinajstić information content (AvgIpc) is 2.20. The molecule has 1 nitrogen and oxygen atoms in total. The third kappa shape index (κ3) is 2.82. The van der Waals surface area contributed by atoms with E-state index in [2.05, 4.69) is 15.9 Å². The van der Waals surface area contributed by atoms with Crippen molar-refractivity contribution in [2.45, 2.75) is 20.8 Å². The van der Waals surface area contributed by atoms with Crippen LogP contribution in [0.2, 0.25) is 5.02 Å². The van der Waals surface area contributed by atoms with Crippen molar-refractivity contribution in [3.8, 4) is 0 Å². The predicted octanol–water partition coefficient (Wildman–Crippen LogP) is 4.58. The first-order valence-corrected chi connectivity index (χ1v) is 6.10. The van der Waals surface area contributed by atoms with Gasteiger partial charge in [-0.1, -0.05) is 38.4 Å². The minimum Gasteiger partial charge on any atom is -0.294 e. The van der Waals surface area contributed by atoms with E-state index in [-0.39, 0.29) is 11.7 Å². The van der Waals surface area contributed by atoms with Crippen molar-refractivity contribution in [3.05, 3.63) is 33.3 Å². The number of benzene rings is 1. The van der Waals surface area contributed by atoms with Crippen molar-refractivity contribution in [2.75, 3.05) is 0 Å². The number of hydrogen-bond acceptors (Lipinski definition) is 1. The Labute approximate surface area is 104 Å². The zero-order valence-corrected chi connectivity index (χ0v) is 11.4. The van der Waals surface area contributed by atoms with Gasteiger partial charge < -0.3 is 0 Å². The Hall–Kier alpha value is -0.340. The van der Waals surface area contributed by atoms with Gasteiger partial charge in [-0.2, -0.15) is 0 Å². The first kappa shape index (κ1) is 12.7. The Morgan fingerprint density at radius 1 is 1.33 bits per heavy atom. The number of carbonyl (C=O) groups is 1. The molecule has 1 atom stereocenters. The lowest BCUT2D eigenvalue weighted by atomic mass is 9.90. The summed E-state index contributed by atoms with van der Waals surface area (Å²) < 4.78 is 0.769. The highest BCUT2D eigenvalue weighted by Gasteiger charge is 2.21. The molecule has 0 aliphatic heterocycles. The average molecular weight is 290 g/mol. The second-order valence-electron chi connectivity index (χ2n) is 4.00. The Balaban J connectivity index is 3.07. The molecular formula is C12H14BrClO. The fourth-order valence-corrected chi connectivity index (χ4v) is 1.83. The van der Waals surface area contributed by atoms with Crippen molar-refractivity contribution >= 4 is 33.3 Å². The van der Waals surface area contributed by atoms with E-state index in [1.807, 2.05) is 32.9 Å². The van der Waals surface area contributed by atoms with Crippen molar-refractivity contribution in [3.63, 3.8) is 0 Å². The van der Waals surface area contributed by atoms with Gasteiger partial charge in [0.05, 0.1) is 5.02 Å². The van der Waals surface area contributed by atoms with Crippen LogP contribution in [0.5, 0.6) is 0 Å². The summed E-state index contributed by atoms with van der Waals surface area (Å²) in [6, 6.07) is 5.43. The van der Waals surface area contributed by atoms with Crippen LogP contribution in [-0.4, -0.2) is 5.78 Å². The van der Waals surface area contributed by atoms with E-state index in [0.29, 0.717) is 16.5 Å². The van der Waals surface area contributed by atoms with Crippen molar-refractivity contribution in [1.29, 1.82) is 0 Å². The van der Waals surface area contributed by atoms with Gasteiger partial charge >= 0.3 is 0 Å². The van der Waals surface area contributed by atoms with Gasteiger partial charge in [-0.05, 0) is 34.0 Å². The Morgan fingerprint density at radius 2 is 1.93 bits per heavy atom. The molecule has 3 heteroatoms. The maximum absolute atomic E-state index is 12.1. The molecule has 0 amide bonds. The highest BCUT2D eigenvalue weighted by atomic mass is 79.9. The minimum absolute atomic E-state index is 0.00296. The Kier molecular flexibility index (Phi) is 4.35. The molecule has 1 aromatic carbocycles. The van der Waals surface area contributed by atoms with Gasteiger partial charge in [0.25, 0.3) is 0 Å². The molecule has 1 rings (SSSR count). The number of rotatable bonds is 3. The molecule has 0 aliphatic rings. The minimum atomic E-state index is -0.00296. The topological polar surface area (TPSA) is 17.1 Å². The number of hydrogen-bond donors (Lipinski definition) is 0. The molecule has 1 aromatic rings. The summed E-state index contributed by atoms with van der Waals surface area (Å²) in [5.74, 6) is 0.431. The largest absolute Gasteiger partial charge is 0.294 e. The third-order valence-electron chi connectivity index (χ3n) is 2.63. The molecule has 0 heterocycles. The standard InChI is InChI=1S/C12H14BrClO/c1-7(2)8(3)12(15)9-5-4-6-10(13)11(9)14/h4-8H,1-3H3. The molecule has 1 unspecified atom stereocenters. The fourth-order valence-electron chi connectivity index (χ4n) is 1.24. The lowest BCUT2D eigenvalue weighted by molar-refractivity contribution is 0.0900. The highest BCUT2D eigenvalue weighted by Crippen LogP contribution is 2.29. The van der Waals surface area contributed by atoms with E-state index in [9.17, 15) is 4.79 Å². The van der Waals surface area contributed by atoms with Gasteiger partial charge in [0.15, 0.2) is 5.78 Å². The predicted molar refractivity (Wildman–Crippen MR) is 67.5 cm³/mol. The van der Waals surface area contributed by atoms with Gasteiger partial charge in [0.1, 0.15) is 0 Å². The summed E-state index contributed by atoms with van der Waals surface area (Å²) in [6.45, 7) is 6.01. The monoisotopic (exact) mass is 288 g/mol. The quantitative estimate of drug-likeness (QED) is 0.745. The molecule has 0 saturated heterocycles. The van der Waals surface area contributed by atoms with Crippen molar-refractivity contribution < 1.29 is 4.79 Å². The van der Waals surface area contributed by atoms with Gasteiger partial charge in [-0.15, -0.1) is 0 Å². The zero-order valence-electron chi connectivity index (χ0n) is 9.05. The van der Waals surface area contributed by atoms with E-state index in [1.54, 1.807) is 6.07 Å². The summed E-state index contributed by atoms with van der Waals surface area (Å²) in [5, 5.41) is 0.509. The molecule has 0 aromatic heterocycles. The van der Waals surface area contributed by atoms with Gasteiger partial charge in [0, 0.05) is 16.0 Å². The number of halogens is 2.